The number of fused-ring (bicyclic) bond motifs is 1. The van der Waals surface area contributed by atoms with E-state index in [2.05, 4.69) is 0 Å². The molecule has 11 nitrogen and oxygen atoms in total. The summed E-state index contributed by atoms with van der Waals surface area (Å²) in [6, 6.07) is 24.2. The molecule has 56 heavy (non-hydrogen) atoms. The average molecular weight is 800 g/mol. The van der Waals surface area contributed by atoms with Gasteiger partial charge in [-0.1, -0.05) is 74.5 Å². The van der Waals surface area contributed by atoms with Crippen LogP contribution in [0.4, 0.5) is 4.39 Å². The number of ketones is 1. The summed E-state index contributed by atoms with van der Waals surface area (Å²) in [5, 5.41) is 9.63. The quantitative estimate of drug-likeness (QED) is 0.0748. The Morgan fingerprint density at radius 3 is 2.16 bits per heavy atom. The molecule has 294 valence electrons. The van der Waals surface area contributed by atoms with E-state index in [9.17, 15) is 33.6 Å². The Balaban J connectivity index is 1.72. The molecule has 0 radical (unpaired) electrons. The third-order valence-electron chi connectivity index (χ3n) is 10.3. The lowest BCUT2D eigenvalue weighted by Gasteiger charge is -2.42. The van der Waals surface area contributed by atoms with E-state index in [1.54, 1.807) is 13.8 Å². The summed E-state index contributed by atoms with van der Waals surface area (Å²) in [7, 11) is -2.29. The predicted molar refractivity (Wildman–Crippen MR) is 216 cm³/mol. The van der Waals surface area contributed by atoms with Gasteiger partial charge in [0.05, 0.1) is 44.7 Å². The highest BCUT2D eigenvalue weighted by molar-refractivity contribution is 7.20. The third-order valence-corrected chi connectivity index (χ3v) is 16.1. The van der Waals surface area contributed by atoms with E-state index in [1.807, 2.05) is 80.6 Å². The molecule has 5 rings (SSSR count). The third kappa shape index (κ3) is 7.77. The monoisotopic (exact) mass is 799 g/mol. The number of esters is 1. The van der Waals surface area contributed by atoms with Crippen molar-refractivity contribution in [2.75, 3.05) is 20.3 Å². The molecule has 1 N–H and O–H groups in total. The lowest BCUT2D eigenvalue weighted by atomic mass is 9.91. The fourth-order valence-electron chi connectivity index (χ4n) is 7.18. The number of benzene rings is 3. The molecule has 0 saturated carbocycles. The zero-order chi connectivity index (χ0) is 41.0. The van der Waals surface area contributed by atoms with Crippen LogP contribution in [0.2, 0.25) is 5.04 Å². The maximum Gasteiger partial charge on any atom is 0.348 e. The second-order valence-electron chi connectivity index (χ2n) is 14.6. The summed E-state index contributed by atoms with van der Waals surface area (Å²) in [6.07, 6.45) is -1.31. The van der Waals surface area contributed by atoms with Crippen molar-refractivity contribution in [2.45, 2.75) is 77.6 Å². The van der Waals surface area contributed by atoms with Crippen LogP contribution in [-0.2, 0) is 26.4 Å². The van der Waals surface area contributed by atoms with Gasteiger partial charge in [0.2, 0.25) is 0 Å². The van der Waals surface area contributed by atoms with Crippen molar-refractivity contribution < 1.29 is 33.0 Å². The Bertz CT molecular complexity index is 2360. The molecule has 0 aliphatic rings. The highest BCUT2D eigenvalue weighted by atomic mass is 32.1. The first-order chi connectivity index (χ1) is 26.5. The number of rotatable bonds is 16. The molecule has 2 aromatic heterocycles. The first kappa shape index (κ1) is 41.9. The number of aryl methyl sites for hydroxylation is 1. The van der Waals surface area contributed by atoms with Gasteiger partial charge in [0.1, 0.15) is 32.9 Å². The van der Waals surface area contributed by atoms with E-state index >= 15 is 0 Å². The van der Waals surface area contributed by atoms with Crippen molar-refractivity contribution in [2.24, 2.45) is 0 Å². The second kappa shape index (κ2) is 16.9. The van der Waals surface area contributed by atoms with Gasteiger partial charge in [-0.2, -0.15) is 5.26 Å². The number of aromatic nitrogens is 2. The van der Waals surface area contributed by atoms with Gasteiger partial charge >= 0.3 is 11.7 Å². The number of nitriles is 1. The fourth-order valence-corrected chi connectivity index (χ4v) is 12.0. The largest absolute Gasteiger partial charge is 0.496 e. The lowest BCUT2D eigenvalue weighted by Crippen LogP contribution is -2.66. The molecule has 3 aromatic carbocycles. The molecule has 0 fully saturated rings. The van der Waals surface area contributed by atoms with Crippen LogP contribution in [0.15, 0.2) is 88.5 Å². The molecule has 0 unspecified atom stereocenters. The van der Waals surface area contributed by atoms with Crippen molar-refractivity contribution in [3.63, 3.8) is 0 Å². The molecule has 0 saturated heterocycles. The number of Topliss-reactive ketones (excluding diaryl/α,β-unsaturated/α-hetero) is 1. The van der Waals surface area contributed by atoms with Crippen molar-refractivity contribution in [3.05, 3.63) is 122 Å². The number of thiophene rings is 1. The van der Waals surface area contributed by atoms with Crippen LogP contribution in [-0.4, -0.2) is 54.3 Å². The second-order valence-corrected chi connectivity index (χ2v) is 19.6. The van der Waals surface area contributed by atoms with Gasteiger partial charge in [0.25, 0.3) is 13.9 Å². The average Bonchev–Trinajstić information content (AvgIpc) is 3.53. The molecule has 5 aromatic rings. The van der Waals surface area contributed by atoms with E-state index in [1.165, 1.54) is 43.7 Å². The van der Waals surface area contributed by atoms with E-state index in [0.717, 1.165) is 15.9 Å². The Hall–Kier alpha value is -5.20. The highest BCUT2D eigenvalue weighted by Crippen LogP contribution is 2.41. The summed E-state index contributed by atoms with van der Waals surface area (Å²) in [5.74, 6) is -1.52. The van der Waals surface area contributed by atoms with E-state index in [0.29, 0.717) is 10.4 Å². The number of carbonyl (C=O) groups is 2. The number of ether oxygens (including phenoxy) is 3. The van der Waals surface area contributed by atoms with Gasteiger partial charge < -0.3 is 19.0 Å². The summed E-state index contributed by atoms with van der Waals surface area (Å²) < 4.78 is 33.8. The molecule has 1 atom stereocenters. The first-order valence-corrected chi connectivity index (χ1v) is 21.0. The van der Waals surface area contributed by atoms with Crippen LogP contribution < -0.4 is 26.4 Å². The minimum absolute atomic E-state index is 0.0119. The number of methoxy groups -OCH3 is 1. The standard InChI is InChI=1S/C42H46FN3O8SSi/c1-8-53-39(49)36-27(2)35-37(48)46(40(50)45(38(35)55-36)26-33(54-23-15-22-44)31-24-28(43)20-21-32(31)52-7)42(5,6)34(47)25-41(3,4)56(51,29-16-11-9-12-17-29)30-18-13-10-14-19-30/h9-14,16-21,24,33,51H,8,15,23,25-26H2,1-7H3/t33-/m0/s1. The molecule has 14 heteroatoms. The zero-order valence-corrected chi connectivity index (χ0v) is 34.4. The van der Waals surface area contributed by atoms with Gasteiger partial charge in [-0.3, -0.25) is 14.2 Å². The van der Waals surface area contributed by atoms with Crippen LogP contribution in [0.25, 0.3) is 10.2 Å². The van der Waals surface area contributed by atoms with Crippen LogP contribution in [0.3, 0.4) is 0 Å². The maximum absolute atomic E-state index is 14.9. The smallest absolute Gasteiger partial charge is 0.348 e. The molecular formula is C42H46FN3O8SSi. The van der Waals surface area contributed by atoms with Gasteiger partial charge in [0.15, 0.2) is 5.78 Å². The Labute approximate surface area is 329 Å². The van der Waals surface area contributed by atoms with Gasteiger partial charge in [-0.15, -0.1) is 11.3 Å². The van der Waals surface area contributed by atoms with E-state index < -0.39 is 53.8 Å². The molecule has 0 bridgehead atoms. The first-order valence-electron chi connectivity index (χ1n) is 18.2. The molecular weight excluding hydrogens is 754 g/mol. The van der Waals surface area contributed by atoms with Gasteiger partial charge in [-0.05, 0) is 66.9 Å². The van der Waals surface area contributed by atoms with Crippen molar-refractivity contribution in [3.8, 4) is 11.8 Å². The Morgan fingerprint density at radius 1 is 1.00 bits per heavy atom. The molecule has 2 heterocycles. The minimum Gasteiger partial charge on any atom is -0.496 e. The zero-order valence-electron chi connectivity index (χ0n) is 32.6. The summed E-state index contributed by atoms with van der Waals surface area (Å²) in [6.45, 7) is 9.51. The number of hydrogen-bond donors (Lipinski definition) is 1. The number of hydrogen-bond acceptors (Lipinski definition) is 10. The minimum atomic E-state index is -3.69. The fraction of sp³-hybridized carbons (Fsp3) is 0.357. The number of nitrogens with zero attached hydrogens (tertiary/aromatic N) is 3. The summed E-state index contributed by atoms with van der Waals surface area (Å²) >= 11 is 0.891. The normalized spacial score (nSPS) is 12.6. The van der Waals surface area contributed by atoms with Crippen LogP contribution in [0, 0.1) is 24.1 Å². The Morgan fingerprint density at radius 2 is 1.61 bits per heavy atom. The molecule has 0 aliphatic heterocycles. The van der Waals surface area contributed by atoms with Gasteiger partial charge in [-0.25, -0.2) is 18.5 Å². The molecule has 0 spiro atoms. The molecule has 0 amide bonds. The lowest BCUT2D eigenvalue weighted by molar-refractivity contribution is -0.127. The maximum atomic E-state index is 14.9. The number of carbonyl (C=O) groups excluding carboxylic acids is 2. The van der Waals surface area contributed by atoms with E-state index in [-0.39, 0.29) is 64.6 Å². The van der Waals surface area contributed by atoms with E-state index in [4.69, 9.17) is 14.2 Å². The van der Waals surface area contributed by atoms with Crippen molar-refractivity contribution in [1.29, 1.82) is 5.26 Å². The SMILES string of the molecule is CCOC(=O)c1sc2c(c1C)c(=O)n(C(C)(C)C(=O)CC(C)(C)[Si](O)(c1ccccc1)c1ccccc1)c(=O)n2C[C@H](OCCC#N)c1cc(F)ccc1OC. The van der Waals surface area contributed by atoms with Gasteiger partial charge in [0, 0.05) is 12.0 Å². The topological polar surface area (TPSA) is 150 Å². The Kier molecular flexibility index (Phi) is 12.6. The van der Waals surface area contributed by atoms with Crippen molar-refractivity contribution in [1.82, 2.24) is 9.13 Å². The van der Waals surface area contributed by atoms with Crippen molar-refractivity contribution >= 4 is 52.0 Å². The summed E-state index contributed by atoms with van der Waals surface area (Å²) in [5.41, 5.74) is -2.94. The van der Waals surface area contributed by atoms with Crippen LogP contribution in [0.1, 0.15) is 74.4 Å². The summed E-state index contributed by atoms with van der Waals surface area (Å²) in [4.78, 5) is 70.5. The number of halogens is 1. The van der Waals surface area contributed by atoms with Crippen LogP contribution in [0.5, 0.6) is 5.75 Å². The predicted octanol–water partition coefficient (Wildman–Crippen LogP) is 5.76. The molecule has 0 aliphatic carbocycles. The highest BCUT2D eigenvalue weighted by Gasteiger charge is 2.52. The van der Waals surface area contributed by atoms with Crippen LogP contribution >= 0.6 is 11.3 Å².